The smallest absolute Gasteiger partial charge is 0.119 e. The third-order valence-corrected chi connectivity index (χ3v) is 4.39. The van der Waals surface area contributed by atoms with Crippen LogP contribution in [0.5, 0.6) is 5.75 Å². The first-order valence-corrected chi connectivity index (χ1v) is 9.55. The summed E-state index contributed by atoms with van der Waals surface area (Å²) in [6.45, 7) is 4.33. The molecule has 2 atom stereocenters. The molecular formula is C23H29NO4. The highest BCUT2D eigenvalue weighted by Gasteiger charge is 2.13. The molecule has 0 aliphatic rings. The Balaban J connectivity index is 2.00. The molecule has 0 saturated heterocycles. The van der Waals surface area contributed by atoms with Crippen LogP contribution in [0.15, 0.2) is 66.0 Å². The maximum Gasteiger partial charge on any atom is 0.119 e. The van der Waals surface area contributed by atoms with E-state index < -0.39 is 12.2 Å². The fourth-order valence-corrected chi connectivity index (χ4v) is 2.73. The Morgan fingerprint density at radius 2 is 1.86 bits per heavy atom. The number of ether oxygens (including phenoxy) is 1. The van der Waals surface area contributed by atoms with E-state index >= 15 is 0 Å². The molecule has 2 rings (SSSR count). The van der Waals surface area contributed by atoms with Gasteiger partial charge in [-0.1, -0.05) is 32.0 Å². The molecule has 0 spiro atoms. The summed E-state index contributed by atoms with van der Waals surface area (Å²) in [5.74, 6) is 0.890. The number of aromatic nitrogens is 1. The predicted octanol–water partition coefficient (Wildman–Crippen LogP) is 3.74. The largest absolute Gasteiger partial charge is 0.491 e. The first-order chi connectivity index (χ1) is 13.5. The van der Waals surface area contributed by atoms with Gasteiger partial charge in [-0.3, -0.25) is 4.98 Å². The molecule has 0 aliphatic carbocycles. The fourth-order valence-electron chi connectivity index (χ4n) is 2.73. The van der Waals surface area contributed by atoms with Crippen molar-refractivity contribution in [2.45, 2.75) is 38.9 Å². The Hall–Kier alpha value is -2.43. The Labute approximate surface area is 166 Å². The third kappa shape index (κ3) is 6.95. The molecule has 1 heterocycles. The number of hydrogen-bond acceptors (Lipinski definition) is 5. The van der Waals surface area contributed by atoms with E-state index in [9.17, 15) is 10.2 Å². The van der Waals surface area contributed by atoms with Crippen molar-refractivity contribution in [1.82, 2.24) is 4.98 Å². The molecule has 0 saturated carbocycles. The summed E-state index contributed by atoms with van der Waals surface area (Å²) in [6.07, 6.45) is 3.06. The van der Waals surface area contributed by atoms with Gasteiger partial charge >= 0.3 is 0 Å². The zero-order valence-corrected chi connectivity index (χ0v) is 16.5. The first kappa shape index (κ1) is 21.9. The highest BCUT2D eigenvalue weighted by atomic mass is 16.5. The first-order valence-electron chi connectivity index (χ1n) is 9.55. The summed E-state index contributed by atoms with van der Waals surface area (Å²) in [5.41, 5.74) is 5.67. The van der Waals surface area contributed by atoms with Gasteiger partial charge in [-0.2, -0.15) is 0 Å². The minimum atomic E-state index is -0.670. The predicted molar refractivity (Wildman–Crippen MR) is 109 cm³/mol. The number of pyridine rings is 1. The van der Waals surface area contributed by atoms with Crippen LogP contribution >= 0.6 is 0 Å². The van der Waals surface area contributed by atoms with E-state index in [-0.39, 0.29) is 19.1 Å². The summed E-state index contributed by atoms with van der Waals surface area (Å²) in [4.78, 5) is 4.20. The number of rotatable bonds is 10. The van der Waals surface area contributed by atoms with Crippen molar-refractivity contribution in [2.24, 2.45) is 5.92 Å². The molecule has 5 nitrogen and oxygen atoms in total. The lowest BCUT2D eigenvalue weighted by Gasteiger charge is -2.14. The van der Waals surface area contributed by atoms with Crippen LogP contribution in [0.25, 0.3) is 0 Å². The summed E-state index contributed by atoms with van der Waals surface area (Å²) in [5, 5.41) is 29.6. The Morgan fingerprint density at radius 1 is 1.11 bits per heavy atom. The molecule has 0 aliphatic heterocycles. The maximum absolute atomic E-state index is 10.4. The second-order valence-electron chi connectivity index (χ2n) is 6.90. The quantitative estimate of drug-likeness (QED) is 0.545. The average molecular weight is 383 g/mol. The second kappa shape index (κ2) is 11.4. The van der Waals surface area contributed by atoms with Crippen LogP contribution in [0.2, 0.25) is 0 Å². The molecule has 0 radical (unpaired) electrons. The molecule has 0 amide bonds. The van der Waals surface area contributed by atoms with E-state index in [1.807, 2.05) is 36.4 Å². The standard InChI is InChI=1S/C23H29NO4/c1-17(2)19(16-23(27)21-7-3-4-13-24-21)6-5-8-22(26)18-9-11-20(12-10-18)28-15-14-25/h3-5,7,9-13,17,22-23,25-27H,8,14-16H2,1-2H3/t6?,22-,23-/m1/s1. The third-order valence-electron chi connectivity index (χ3n) is 4.39. The zero-order valence-electron chi connectivity index (χ0n) is 16.5. The highest BCUT2D eigenvalue weighted by Crippen LogP contribution is 2.24. The Morgan fingerprint density at radius 3 is 2.46 bits per heavy atom. The van der Waals surface area contributed by atoms with Crippen LogP contribution in [0, 0.1) is 5.92 Å². The van der Waals surface area contributed by atoms with Crippen molar-refractivity contribution in [2.75, 3.05) is 13.2 Å². The summed E-state index contributed by atoms with van der Waals surface area (Å²) in [6, 6.07) is 12.7. The topological polar surface area (TPSA) is 82.8 Å². The number of benzene rings is 1. The monoisotopic (exact) mass is 383 g/mol. The average Bonchev–Trinajstić information content (AvgIpc) is 2.72. The molecule has 0 bridgehead atoms. The van der Waals surface area contributed by atoms with Gasteiger partial charge in [0, 0.05) is 19.0 Å². The van der Waals surface area contributed by atoms with Crippen LogP contribution in [0.4, 0.5) is 0 Å². The molecule has 150 valence electrons. The second-order valence-corrected chi connectivity index (χ2v) is 6.90. The Bertz CT molecular complexity index is 765. The van der Waals surface area contributed by atoms with E-state index in [1.54, 1.807) is 18.3 Å². The van der Waals surface area contributed by atoms with E-state index in [1.165, 1.54) is 0 Å². The molecule has 0 fully saturated rings. The molecule has 5 heteroatoms. The lowest BCUT2D eigenvalue weighted by molar-refractivity contribution is 0.170. The minimum Gasteiger partial charge on any atom is -0.491 e. The van der Waals surface area contributed by atoms with E-state index in [2.05, 4.69) is 24.6 Å². The summed E-state index contributed by atoms with van der Waals surface area (Å²) >= 11 is 0. The lowest BCUT2D eigenvalue weighted by Crippen LogP contribution is -2.04. The summed E-state index contributed by atoms with van der Waals surface area (Å²) < 4.78 is 5.32. The van der Waals surface area contributed by atoms with Crippen molar-refractivity contribution < 1.29 is 20.1 Å². The van der Waals surface area contributed by atoms with Crippen LogP contribution in [0.3, 0.4) is 0 Å². The number of aliphatic hydroxyl groups is 3. The lowest BCUT2D eigenvalue weighted by atomic mass is 9.96. The Kier molecular flexibility index (Phi) is 8.92. The van der Waals surface area contributed by atoms with Crippen molar-refractivity contribution in [3.8, 4) is 5.75 Å². The molecule has 1 aromatic heterocycles. The van der Waals surface area contributed by atoms with Gasteiger partial charge in [0.1, 0.15) is 18.5 Å². The van der Waals surface area contributed by atoms with Crippen LogP contribution in [-0.4, -0.2) is 33.5 Å². The SMILES string of the molecule is CC(C)C(=C=CC[C@@H](O)c1ccc(OCCO)cc1)C[C@@H](O)c1ccccn1. The van der Waals surface area contributed by atoms with Crippen LogP contribution < -0.4 is 4.74 Å². The van der Waals surface area contributed by atoms with Crippen molar-refractivity contribution >= 4 is 0 Å². The van der Waals surface area contributed by atoms with Gasteiger partial charge in [0.05, 0.1) is 18.4 Å². The highest BCUT2D eigenvalue weighted by molar-refractivity contribution is 5.28. The maximum atomic E-state index is 10.4. The molecule has 3 N–H and O–H groups in total. The molecule has 1 aromatic carbocycles. The van der Waals surface area contributed by atoms with Gasteiger partial charge in [-0.15, -0.1) is 5.73 Å². The van der Waals surface area contributed by atoms with E-state index in [4.69, 9.17) is 9.84 Å². The van der Waals surface area contributed by atoms with Gasteiger partial charge < -0.3 is 20.1 Å². The normalized spacial score (nSPS) is 12.9. The van der Waals surface area contributed by atoms with Gasteiger partial charge in [0.25, 0.3) is 0 Å². The molecule has 2 aromatic rings. The molecule has 0 unspecified atom stereocenters. The van der Waals surface area contributed by atoms with Crippen molar-refractivity contribution in [1.29, 1.82) is 0 Å². The van der Waals surface area contributed by atoms with E-state index in [0.29, 0.717) is 24.3 Å². The number of aliphatic hydroxyl groups excluding tert-OH is 3. The zero-order chi connectivity index (χ0) is 20.4. The molecular weight excluding hydrogens is 354 g/mol. The van der Waals surface area contributed by atoms with Crippen LogP contribution in [0.1, 0.15) is 50.2 Å². The summed E-state index contributed by atoms with van der Waals surface area (Å²) in [7, 11) is 0. The van der Waals surface area contributed by atoms with Crippen LogP contribution in [-0.2, 0) is 0 Å². The number of nitrogens with zero attached hydrogens (tertiary/aromatic N) is 1. The van der Waals surface area contributed by atoms with E-state index in [0.717, 1.165) is 11.1 Å². The number of hydrogen-bond donors (Lipinski definition) is 3. The molecule has 28 heavy (non-hydrogen) atoms. The minimum absolute atomic E-state index is 0.0330. The van der Waals surface area contributed by atoms with Gasteiger partial charge in [0.15, 0.2) is 0 Å². The van der Waals surface area contributed by atoms with Gasteiger partial charge in [0.2, 0.25) is 0 Å². The van der Waals surface area contributed by atoms with Crippen molar-refractivity contribution in [3.63, 3.8) is 0 Å². The fraction of sp³-hybridized carbons (Fsp3) is 0.391. The van der Waals surface area contributed by atoms with Gasteiger partial charge in [-0.05, 0) is 47.4 Å². The van der Waals surface area contributed by atoms with Crippen molar-refractivity contribution in [3.05, 3.63) is 77.3 Å². The van der Waals surface area contributed by atoms with Gasteiger partial charge in [-0.25, -0.2) is 0 Å².